The third-order valence-electron chi connectivity index (χ3n) is 3.91. The summed E-state index contributed by atoms with van der Waals surface area (Å²) < 4.78 is 10.7. The fraction of sp³-hybridized carbons (Fsp3) is 0.105. The summed E-state index contributed by atoms with van der Waals surface area (Å²) in [5.74, 6) is 0.123. The van der Waals surface area contributed by atoms with Crippen LogP contribution in [0.25, 0.3) is 6.08 Å². The van der Waals surface area contributed by atoms with Gasteiger partial charge in [0.2, 0.25) is 0 Å². The number of benzene rings is 2. The minimum atomic E-state index is -0.580. The van der Waals surface area contributed by atoms with E-state index in [1.165, 1.54) is 25.3 Å². The molecule has 6 nitrogen and oxygen atoms in total. The zero-order chi connectivity index (χ0) is 21.1. The number of carbonyl (C=O) groups excluding carboxylic acids is 2. The SMILES string of the molecule is COc1ccc(OC)c(/C=C2\SC(=S)N(NC(=O)c3ccc(Cl)cc3Cl)C2=O)c1. The number of ether oxygens (including phenoxy) is 2. The number of thiocarbonyl (C=S) groups is 1. The first-order valence-corrected chi connectivity index (χ1v) is 10.1. The van der Waals surface area contributed by atoms with Gasteiger partial charge < -0.3 is 9.47 Å². The number of rotatable bonds is 5. The van der Waals surface area contributed by atoms with Crippen LogP contribution in [-0.2, 0) is 4.79 Å². The number of hydrazine groups is 1. The molecular formula is C19H14Cl2N2O4S2. The highest BCUT2D eigenvalue weighted by Gasteiger charge is 2.34. The van der Waals surface area contributed by atoms with E-state index in [9.17, 15) is 9.59 Å². The first-order chi connectivity index (χ1) is 13.8. The van der Waals surface area contributed by atoms with E-state index in [2.05, 4.69) is 5.43 Å². The minimum Gasteiger partial charge on any atom is -0.497 e. The molecule has 2 aromatic carbocycles. The minimum absolute atomic E-state index is 0.164. The van der Waals surface area contributed by atoms with Gasteiger partial charge in [-0.1, -0.05) is 35.0 Å². The second-order valence-electron chi connectivity index (χ2n) is 5.69. The molecule has 0 bridgehead atoms. The quantitative estimate of drug-likeness (QED) is 0.512. The first kappa shape index (κ1) is 21.4. The summed E-state index contributed by atoms with van der Waals surface area (Å²) in [6.07, 6.45) is 1.63. The average molecular weight is 469 g/mol. The number of hydrogen-bond donors (Lipinski definition) is 1. The Hall–Kier alpha value is -2.26. The molecule has 1 heterocycles. The van der Waals surface area contributed by atoms with E-state index < -0.39 is 11.8 Å². The number of thioether (sulfide) groups is 1. The number of amides is 2. The molecule has 0 unspecified atom stereocenters. The number of nitrogens with zero attached hydrogens (tertiary/aromatic N) is 1. The van der Waals surface area contributed by atoms with Crippen molar-refractivity contribution in [1.82, 2.24) is 10.4 Å². The van der Waals surface area contributed by atoms with Crippen molar-refractivity contribution in [2.45, 2.75) is 0 Å². The van der Waals surface area contributed by atoms with E-state index in [1.54, 1.807) is 31.4 Å². The van der Waals surface area contributed by atoms with Crippen LogP contribution in [0.4, 0.5) is 0 Å². The number of methoxy groups -OCH3 is 2. The Morgan fingerprint density at radius 1 is 1.17 bits per heavy atom. The van der Waals surface area contributed by atoms with Crippen LogP contribution in [-0.4, -0.2) is 35.4 Å². The van der Waals surface area contributed by atoms with Crippen molar-refractivity contribution in [3.63, 3.8) is 0 Å². The second-order valence-corrected chi connectivity index (χ2v) is 8.21. The molecule has 150 valence electrons. The summed E-state index contributed by atoms with van der Waals surface area (Å²) in [5.41, 5.74) is 3.29. The lowest BCUT2D eigenvalue weighted by molar-refractivity contribution is -0.123. The third-order valence-corrected chi connectivity index (χ3v) is 5.76. The first-order valence-electron chi connectivity index (χ1n) is 8.10. The van der Waals surface area contributed by atoms with Crippen LogP contribution < -0.4 is 14.9 Å². The van der Waals surface area contributed by atoms with Crippen LogP contribution in [0.3, 0.4) is 0 Å². The molecule has 0 aromatic heterocycles. The van der Waals surface area contributed by atoms with Gasteiger partial charge in [0.15, 0.2) is 4.32 Å². The maximum Gasteiger partial charge on any atom is 0.285 e. The summed E-state index contributed by atoms with van der Waals surface area (Å²) in [7, 11) is 3.07. The Labute approximate surface area is 186 Å². The van der Waals surface area contributed by atoms with Gasteiger partial charge in [-0.3, -0.25) is 15.0 Å². The molecule has 0 radical (unpaired) electrons. The summed E-state index contributed by atoms with van der Waals surface area (Å²) in [4.78, 5) is 25.6. The van der Waals surface area contributed by atoms with Crippen LogP contribution in [0, 0.1) is 0 Å². The van der Waals surface area contributed by atoms with Gasteiger partial charge in [-0.05, 0) is 54.7 Å². The molecule has 10 heteroatoms. The monoisotopic (exact) mass is 468 g/mol. The topological polar surface area (TPSA) is 67.9 Å². The fourth-order valence-electron chi connectivity index (χ4n) is 2.49. The molecule has 1 aliphatic heterocycles. The number of nitrogens with one attached hydrogen (secondary N) is 1. The smallest absolute Gasteiger partial charge is 0.285 e. The van der Waals surface area contributed by atoms with E-state index in [4.69, 9.17) is 44.9 Å². The van der Waals surface area contributed by atoms with Crippen LogP contribution in [0.2, 0.25) is 10.0 Å². The molecule has 3 rings (SSSR count). The van der Waals surface area contributed by atoms with Crippen LogP contribution >= 0.6 is 47.2 Å². The Morgan fingerprint density at radius 3 is 2.59 bits per heavy atom. The third kappa shape index (κ3) is 4.67. The molecule has 1 N–H and O–H groups in total. The van der Waals surface area contributed by atoms with E-state index in [0.717, 1.165) is 16.8 Å². The maximum atomic E-state index is 12.8. The molecule has 0 saturated carbocycles. The molecule has 29 heavy (non-hydrogen) atoms. The largest absolute Gasteiger partial charge is 0.497 e. The van der Waals surface area contributed by atoms with Gasteiger partial charge in [0.25, 0.3) is 11.8 Å². The standard InChI is InChI=1S/C19H14Cl2N2O4S2/c1-26-12-4-6-15(27-2)10(7-12)8-16-18(25)23(19(28)29-16)22-17(24)13-5-3-11(20)9-14(13)21/h3-9H,1-2H3,(H,22,24)/b16-8-. The van der Waals surface area contributed by atoms with Gasteiger partial charge in [0, 0.05) is 10.6 Å². The van der Waals surface area contributed by atoms with Gasteiger partial charge >= 0.3 is 0 Å². The lowest BCUT2D eigenvalue weighted by Crippen LogP contribution is -2.44. The molecule has 0 atom stereocenters. The van der Waals surface area contributed by atoms with Crippen molar-refractivity contribution in [2.75, 3.05) is 14.2 Å². The predicted molar refractivity (Wildman–Crippen MR) is 118 cm³/mol. The van der Waals surface area contributed by atoms with Crippen molar-refractivity contribution in [3.05, 3.63) is 62.5 Å². The molecule has 1 saturated heterocycles. The molecule has 2 amide bonds. The molecule has 2 aromatic rings. The van der Waals surface area contributed by atoms with Crippen molar-refractivity contribution in [2.24, 2.45) is 0 Å². The average Bonchev–Trinajstić information content (AvgIpc) is 2.95. The van der Waals surface area contributed by atoms with Crippen molar-refractivity contribution in [1.29, 1.82) is 0 Å². The van der Waals surface area contributed by atoms with E-state index in [1.807, 2.05) is 0 Å². The highest BCUT2D eigenvalue weighted by Crippen LogP contribution is 2.34. The van der Waals surface area contributed by atoms with Gasteiger partial charge in [0.1, 0.15) is 11.5 Å². The molecule has 1 fully saturated rings. The zero-order valence-electron chi connectivity index (χ0n) is 15.2. The van der Waals surface area contributed by atoms with Gasteiger partial charge in [-0.15, -0.1) is 0 Å². The Morgan fingerprint density at radius 2 is 1.93 bits per heavy atom. The lowest BCUT2D eigenvalue weighted by atomic mass is 10.1. The van der Waals surface area contributed by atoms with Crippen molar-refractivity contribution >= 4 is 69.4 Å². The van der Waals surface area contributed by atoms with Gasteiger partial charge in [-0.25, -0.2) is 0 Å². The van der Waals surface area contributed by atoms with E-state index >= 15 is 0 Å². The number of hydrogen-bond acceptors (Lipinski definition) is 6. The summed E-state index contributed by atoms with van der Waals surface area (Å²) in [6, 6.07) is 9.65. The summed E-state index contributed by atoms with van der Waals surface area (Å²) in [5, 5.41) is 1.57. The summed E-state index contributed by atoms with van der Waals surface area (Å²) >= 11 is 18.2. The van der Waals surface area contributed by atoms with Crippen LogP contribution in [0.15, 0.2) is 41.3 Å². The van der Waals surface area contributed by atoms with E-state index in [-0.39, 0.29) is 14.9 Å². The molecule has 1 aliphatic rings. The molecular weight excluding hydrogens is 455 g/mol. The Kier molecular flexibility index (Phi) is 6.69. The predicted octanol–water partition coefficient (Wildman–Crippen LogP) is 4.56. The Bertz CT molecular complexity index is 1040. The second kappa shape index (κ2) is 9.04. The van der Waals surface area contributed by atoms with Crippen molar-refractivity contribution < 1.29 is 19.1 Å². The summed E-state index contributed by atoms with van der Waals surface area (Å²) in [6.45, 7) is 0. The van der Waals surface area contributed by atoms with E-state index in [0.29, 0.717) is 27.0 Å². The van der Waals surface area contributed by atoms with Gasteiger partial charge in [-0.2, -0.15) is 5.01 Å². The highest BCUT2D eigenvalue weighted by atomic mass is 35.5. The molecule has 0 aliphatic carbocycles. The van der Waals surface area contributed by atoms with Crippen LogP contribution in [0.5, 0.6) is 11.5 Å². The molecule has 0 spiro atoms. The zero-order valence-corrected chi connectivity index (χ0v) is 18.3. The fourth-order valence-corrected chi connectivity index (χ4v) is 4.16. The number of halogens is 2. The number of carbonyl (C=O) groups is 2. The van der Waals surface area contributed by atoms with Crippen LogP contribution in [0.1, 0.15) is 15.9 Å². The Balaban J connectivity index is 1.85. The lowest BCUT2D eigenvalue weighted by Gasteiger charge is -2.16. The maximum absolute atomic E-state index is 12.8. The normalized spacial score (nSPS) is 15.0. The van der Waals surface area contributed by atoms with Gasteiger partial charge in [0.05, 0.1) is 29.7 Å². The van der Waals surface area contributed by atoms with Crippen molar-refractivity contribution in [3.8, 4) is 11.5 Å². The highest BCUT2D eigenvalue weighted by molar-refractivity contribution is 8.26.